The van der Waals surface area contributed by atoms with Crippen LogP contribution in [0.3, 0.4) is 0 Å². The molecule has 1 saturated heterocycles. The lowest BCUT2D eigenvalue weighted by molar-refractivity contribution is -0.917. The molecule has 28 heavy (non-hydrogen) atoms. The van der Waals surface area contributed by atoms with Gasteiger partial charge in [0.2, 0.25) is 5.91 Å². The van der Waals surface area contributed by atoms with E-state index >= 15 is 0 Å². The molecule has 0 spiro atoms. The monoisotopic (exact) mass is 381 g/mol. The Morgan fingerprint density at radius 2 is 1.68 bits per heavy atom. The number of quaternary nitrogens is 1. The highest BCUT2D eigenvalue weighted by atomic mass is 16.5. The summed E-state index contributed by atoms with van der Waals surface area (Å²) in [5.41, 5.74) is 2.30. The van der Waals surface area contributed by atoms with E-state index in [1.165, 1.54) is 10.5 Å². The third-order valence-corrected chi connectivity index (χ3v) is 5.00. The Balaban J connectivity index is 1.46. The molecule has 5 heteroatoms. The number of hydrogen-bond acceptors (Lipinski definition) is 3. The van der Waals surface area contributed by atoms with Gasteiger partial charge in [-0.05, 0) is 55.0 Å². The Morgan fingerprint density at radius 1 is 1.04 bits per heavy atom. The summed E-state index contributed by atoms with van der Waals surface area (Å²) in [7, 11) is 1.68. The lowest BCUT2D eigenvalue weighted by Crippen LogP contribution is -3.13. The lowest BCUT2D eigenvalue weighted by atomic mass is 10.2. The number of benzene rings is 2. The number of nitrogens with one attached hydrogen (secondary N) is 1. The average molecular weight is 381 g/mol. The zero-order chi connectivity index (χ0) is 19.8. The number of amides is 1. The van der Waals surface area contributed by atoms with E-state index in [1.807, 2.05) is 54.3 Å². The predicted molar refractivity (Wildman–Crippen MR) is 111 cm³/mol. The van der Waals surface area contributed by atoms with Crippen LogP contribution in [-0.4, -0.2) is 50.7 Å². The van der Waals surface area contributed by atoms with Crippen molar-refractivity contribution >= 4 is 12.0 Å². The molecule has 2 aromatic carbocycles. The van der Waals surface area contributed by atoms with Crippen LogP contribution < -0.4 is 14.4 Å². The molecule has 2 aromatic rings. The lowest BCUT2D eigenvalue weighted by Gasteiger charge is -2.31. The van der Waals surface area contributed by atoms with Gasteiger partial charge in [0, 0.05) is 11.6 Å². The number of methoxy groups -OCH3 is 1. The van der Waals surface area contributed by atoms with E-state index in [0.717, 1.165) is 49.8 Å². The molecule has 1 aliphatic rings. The Hall–Kier alpha value is -2.79. The second-order valence-corrected chi connectivity index (χ2v) is 6.94. The molecule has 1 N–H and O–H groups in total. The van der Waals surface area contributed by atoms with Crippen LogP contribution in [0.2, 0.25) is 0 Å². The van der Waals surface area contributed by atoms with E-state index in [4.69, 9.17) is 9.47 Å². The van der Waals surface area contributed by atoms with Crippen molar-refractivity contribution in [2.75, 3.05) is 39.9 Å². The molecule has 5 nitrogen and oxygen atoms in total. The molecule has 0 atom stereocenters. The second-order valence-electron chi connectivity index (χ2n) is 6.94. The van der Waals surface area contributed by atoms with Crippen LogP contribution in [0.25, 0.3) is 6.08 Å². The SMILES string of the molecule is CCOc1ccc(/C=C/C(=O)N2CC[NH+](Cc3ccc(OC)cc3)CC2)cc1. The molecule has 0 radical (unpaired) electrons. The highest BCUT2D eigenvalue weighted by Crippen LogP contribution is 2.13. The van der Waals surface area contributed by atoms with Gasteiger partial charge in [0.1, 0.15) is 18.0 Å². The van der Waals surface area contributed by atoms with Gasteiger partial charge < -0.3 is 19.3 Å². The van der Waals surface area contributed by atoms with E-state index < -0.39 is 0 Å². The van der Waals surface area contributed by atoms with E-state index in [9.17, 15) is 4.79 Å². The van der Waals surface area contributed by atoms with Crippen LogP contribution in [-0.2, 0) is 11.3 Å². The first-order chi connectivity index (χ1) is 13.7. The first-order valence-corrected chi connectivity index (χ1v) is 9.84. The minimum atomic E-state index is 0.0809. The van der Waals surface area contributed by atoms with Crippen LogP contribution in [0.5, 0.6) is 11.5 Å². The molecule has 0 bridgehead atoms. The van der Waals surface area contributed by atoms with Crippen molar-refractivity contribution in [3.63, 3.8) is 0 Å². The normalized spacial score (nSPS) is 15.0. The summed E-state index contributed by atoms with van der Waals surface area (Å²) < 4.78 is 10.6. The van der Waals surface area contributed by atoms with E-state index in [-0.39, 0.29) is 5.91 Å². The van der Waals surface area contributed by atoms with Gasteiger partial charge in [-0.25, -0.2) is 0 Å². The van der Waals surface area contributed by atoms with E-state index in [1.54, 1.807) is 13.2 Å². The molecule has 148 valence electrons. The summed E-state index contributed by atoms with van der Waals surface area (Å²) in [5.74, 6) is 1.81. The highest BCUT2D eigenvalue weighted by Gasteiger charge is 2.22. The quantitative estimate of drug-likeness (QED) is 0.747. The Labute approximate surface area is 167 Å². The van der Waals surface area contributed by atoms with Crippen LogP contribution in [0.15, 0.2) is 54.6 Å². The van der Waals surface area contributed by atoms with Crippen molar-refractivity contribution in [1.29, 1.82) is 0 Å². The summed E-state index contributed by atoms with van der Waals surface area (Å²) >= 11 is 0. The molecular formula is C23H29N2O3+. The van der Waals surface area contributed by atoms with E-state index in [2.05, 4.69) is 12.1 Å². The first-order valence-electron chi connectivity index (χ1n) is 9.84. The number of carbonyl (C=O) groups excluding carboxylic acids is 1. The maximum absolute atomic E-state index is 12.5. The van der Waals surface area contributed by atoms with Crippen molar-refractivity contribution in [3.05, 3.63) is 65.7 Å². The summed E-state index contributed by atoms with van der Waals surface area (Å²) in [6.45, 7) is 7.11. The van der Waals surface area contributed by atoms with Crippen LogP contribution in [0, 0.1) is 0 Å². The zero-order valence-electron chi connectivity index (χ0n) is 16.7. The fraction of sp³-hybridized carbons (Fsp3) is 0.348. The number of ether oxygens (including phenoxy) is 2. The predicted octanol–water partition coefficient (Wildman–Crippen LogP) is 2.03. The number of hydrogen-bond donors (Lipinski definition) is 1. The third kappa shape index (κ3) is 5.60. The molecule has 1 heterocycles. The number of piperazine rings is 1. The van der Waals surface area contributed by atoms with Gasteiger partial charge in [-0.2, -0.15) is 0 Å². The highest BCUT2D eigenvalue weighted by molar-refractivity contribution is 5.91. The van der Waals surface area contributed by atoms with Gasteiger partial charge in [-0.3, -0.25) is 4.79 Å². The topological polar surface area (TPSA) is 43.2 Å². The van der Waals surface area contributed by atoms with Crippen molar-refractivity contribution in [2.45, 2.75) is 13.5 Å². The molecular weight excluding hydrogens is 352 g/mol. The number of carbonyl (C=O) groups is 1. The van der Waals surface area contributed by atoms with Gasteiger partial charge >= 0.3 is 0 Å². The van der Waals surface area contributed by atoms with Crippen LogP contribution in [0.1, 0.15) is 18.1 Å². The molecule has 3 rings (SSSR count). The van der Waals surface area contributed by atoms with E-state index in [0.29, 0.717) is 6.61 Å². The molecule has 1 amide bonds. The molecule has 0 unspecified atom stereocenters. The maximum Gasteiger partial charge on any atom is 0.246 e. The Kier molecular flexibility index (Phi) is 7.09. The number of rotatable bonds is 7. The van der Waals surface area contributed by atoms with Crippen molar-refractivity contribution in [2.24, 2.45) is 0 Å². The number of nitrogens with zero attached hydrogens (tertiary/aromatic N) is 1. The van der Waals surface area contributed by atoms with Crippen molar-refractivity contribution < 1.29 is 19.2 Å². The maximum atomic E-state index is 12.5. The minimum absolute atomic E-state index is 0.0809. The minimum Gasteiger partial charge on any atom is -0.497 e. The molecule has 1 aliphatic heterocycles. The Bertz CT molecular complexity index is 776. The molecule has 0 aromatic heterocycles. The summed E-state index contributed by atoms with van der Waals surface area (Å²) in [4.78, 5) is 15.9. The molecule has 1 fully saturated rings. The van der Waals surface area contributed by atoms with Crippen molar-refractivity contribution in [3.8, 4) is 11.5 Å². The zero-order valence-corrected chi connectivity index (χ0v) is 16.7. The smallest absolute Gasteiger partial charge is 0.246 e. The Morgan fingerprint density at radius 3 is 2.29 bits per heavy atom. The van der Waals surface area contributed by atoms with Gasteiger partial charge in [0.25, 0.3) is 0 Å². The third-order valence-electron chi connectivity index (χ3n) is 5.00. The van der Waals surface area contributed by atoms with Crippen LogP contribution in [0.4, 0.5) is 0 Å². The average Bonchev–Trinajstić information content (AvgIpc) is 2.74. The molecule has 0 aliphatic carbocycles. The largest absolute Gasteiger partial charge is 0.497 e. The van der Waals surface area contributed by atoms with Gasteiger partial charge in [-0.1, -0.05) is 12.1 Å². The van der Waals surface area contributed by atoms with Crippen LogP contribution >= 0.6 is 0 Å². The second kappa shape index (κ2) is 9.95. The van der Waals surface area contributed by atoms with Gasteiger partial charge in [-0.15, -0.1) is 0 Å². The van der Waals surface area contributed by atoms with Crippen molar-refractivity contribution in [1.82, 2.24) is 4.90 Å². The fourth-order valence-corrected chi connectivity index (χ4v) is 3.37. The van der Waals surface area contributed by atoms with Gasteiger partial charge in [0.15, 0.2) is 0 Å². The summed E-state index contributed by atoms with van der Waals surface area (Å²) in [6, 6.07) is 16.0. The standard InChI is InChI=1S/C23H28N2O3/c1-3-28-22-11-4-19(5-12-22)8-13-23(26)25-16-14-24(15-17-25)18-20-6-9-21(27-2)10-7-20/h4-13H,3,14-18H2,1-2H3/p+1/b13-8+. The fourth-order valence-electron chi connectivity index (χ4n) is 3.37. The summed E-state index contributed by atoms with van der Waals surface area (Å²) in [5, 5.41) is 0. The first kappa shape index (κ1) is 20.0. The molecule has 0 saturated carbocycles. The summed E-state index contributed by atoms with van der Waals surface area (Å²) in [6.07, 6.45) is 3.54. The van der Waals surface area contributed by atoms with Gasteiger partial charge in [0.05, 0.1) is 39.9 Å².